The third-order valence-electron chi connectivity index (χ3n) is 6.28. The molecule has 0 spiro atoms. The Morgan fingerprint density at radius 1 is 1.00 bits per heavy atom. The Kier molecular flexibility index (Phi) is 5.73. The van der Waals surface area contributed by atoms with E-state index in [4.69, 9.17) is 11.6 Å². The van der Waals surface area contributed by atoms with Gasteiger partial charge in [-0.3, -0.25) is 9.88 Å². The van der Waals surface area contributed by atoms with Crippen LogP contribution in [0.1, 0.15) is 18.5 Å². The van der Waals surface area contributed by atoms with Gasteiger partial charge in [0.25, 0.3) is 0 Å². The number of benzene rings is 1. The van der Waals surface area contributed by atoms with Crippen LogP contribution in [-0.4, -0.2) is 39.2 Å². The van der Waals surface area contributed by atoms with Crippen molar-refractivity contribution in [1.82, 2.24) is 20.1 Å². The fourth-order valence-electron chi connectivity index (χ4n) is 4.91. The minimum atomic E-state index is -1.25. The lowest BCUT2D eigenvalue weighted by Crippen LogP contribution is -2.25. The number of nitrogens with zero attached hydrogens (tertiary/aromatic N) is 4. The number of likely N-dealkylation sites (tertiary alicyclic amines) is 1. The first kappa shape index (κ1) is 21.2. The minimum Gasteiger partial charge on any atom is -0.366 e. The number of fused-ring (bicyclic) bond motifs is 1. The summed E-state index contributed by atoms with van der Waals surface area (Å²) in [5, 5.41) is 12.1. The Labute approximate surface area is 188 Å². The smallest absolute Gasteiger partial charge is 0.168 e. The molecular weight excluding hydrogens is 439 g/mol. The molecular formula is C23H21ClF3N5. The van der Waals surface area contributed by atoms with Gasteiger partial charge in [-0.15, -0.1) is 10.2 Å². The van der Waals surface area contributed by atoms with Crippen molar-refractivity contribution in [3.63, 3.8) is 0 Å². The number of halogens is 4. The van der Waals surface area contributed by atoms with Gasteiger partial charge in [0, 0.05) is 48.5 Å². The predicted molar refractivity (Wildman–Crippen MR) is 115 cm³/mol. The van der Waals surface area contributed by atoms with Crippen LogP contribution in [0.4, 0.5) is 19.0 Å². The molecule has 1 unspecified atom stereocenters. The van der Waals surface area contributed by atoms with E-state index in [1.807, 2.05) is 6.07 Å². The summed E-state index contributed by atoms with van der Waals surface area (Å²) in [4.78, 5) is 6.82. The first-order valence-electron chi connectivity index (χ1n) is 10.5. The van der Waals surface area contributed by atoms with E-state index in [2.05, 4.69) is 25.4 Å². The van der Waals surface area contributed by atoms with Crippen molar-refractivity contribution in [2.75, 3.05) is 18.4 Å². The molecule has 1 aromatic carbocycles. The Balaban J connectivity index is 1.18. The molecule has 3 aromatic rings. The van der Waals surface area contributed by atoms with E-state index in [9.17, 15) is 13.2 Å². The van der Waals surface area contributed by atoms with Gasteiger partial charge in [0.2, 0.25) is 0 Å². The molecule has 1 aliphatic heterocycles. The third-order valence-corrected chi connectivity index (χ3v) is 6.51. The van der Waals surface area contributed by atoms with E-state index < -0.39 is 17.5 Å². The largest absolute Gasteiger partial charge is 0.366 e. The van der Waals surface area contributed by atoms with Crippen LogP contribution in [-0.2, 0) is 6.54 Å². The lowest BCUT2D eigenvalue weighted by atomic mass is 10.0. The van der Waals surface area contributed by atoms with Crippen LogP contribution >= 0.6 is 11.6 Å². The number of rotatable bonds is 5. The van der Waals surface area contributed by atoms with Crippen molar-refractivity contribution in [3.8, 4) is 11.3 Å². The van der Waals surface area contributed by atoms with Gasteiger partial charge in [0.15, 0.2) is 11.6 Å². The van der Waals surface area contributed by atoms with Crippen molar-refractivity contribution in [2.45, 2.75) is 25.4 Å². The zero-order chi connectivity index (χ0) is 22.2. The molecule has 9 heteroatoms. The van der Waals surface area contributed by atoms with Crippen LogP contribution in [0.2, 0.25) is 5.02 Å². The van der Waals surface area contributed by atoms with E-state index >= 15 is 0 Å². The Hall–Kier alpha value is -2.71. The molecule has 0 amide bonds. The fraction of sp³-hybridized carbons (Fsp3) is 0.348. The SMILES string of the molecule is Fc1cc(F)c(F)c(-c2ccc(NC3C[C@@H]4CN(Cc5cc(Cl)ccn5)C[C@@H]4C3)nn2)c1. The first-order valence-corrected chi connectivity index (χ1v) is 10.9. The number of hydrogen-bond acceptors (Lipinski definition) is 5. The van der Waals surface area contributed by atoms with Gasteiger partial charge in [-0.1, -0.05) is 11.6 Å². The summed E-state index contributed by atoms with van der Waals surface area (Å²) in [6.07, 6.45) is 3.79. The normalized spacial score (nSPS) is 22.8. The highest BCUT2D eigenvalue weighted by Gasteiger charge is 2.40. The summed E-state index contributed by atoms with van der Waals surface area (Å²) in [6, 6.07) is 8.57. The van der Waals surface area contributed by atoms with Crippen molar-refractivity contribution in [1.29, 1.82) is 0 Å². The number of pyridine rings is 1. The average Bonchev–Trinajstić information content (AvgIpc) is 3.29. The average molecular weight is 460 g/mol. The highest BCUT2D eigenvalue weighted by atomic mass is 35.5. The molecule has 1 aliphatic carbocycles. The third kappa shape index (κ3) is 4.42. The Morgan fingerprint density at radius 3 is 2.47 bits per heavy atom. The maximum absolute atomic E-state index is 14.0. The molecule has 3 atom stereocenters. The summed E-state index contributed by atoms with van der Waals surface area (Å²) in [5.74, 6) is -1.48. The summed E-state index contributed by atoms with van der Waals surface area (Å²) in [7, 11) is 0. The summed E-state index contributed by atoms with van der Waals surface area (Å²) in [6.45, 7) is 2.84. The van der Waals surface area contributed by atoms with E-state index in [1.165, 1.54) is 6.07 Å². The molecule has 166 valence electrons. The summed E-state index contributed by atoms with van der Waals surface area (Å²) >= 11 is 6.06. The van der Waals surface area contributed by atoms with Gasteiger partial charge in [0.1, 0.15) is 11.6 Å². The standard InChI is InChI=1S/C23H21ClF3N5/c24-15-3-4-28-18(7-15)12-32-10-13-5-17(6-14(13)11-32)29-22-2-1-21(30-31-22)19-8-16(25)9-20(26)23(19)27/h1-4,7-9,13-14,17H,5-6,10-12H2,(H,29,31)/t13-,14+,17?. The predicted octanol–water partition coefficient (Wildman–Crippen LogP) is 4.93. The molecule has 3 heterocycles. The maximum atomic E-state index is 14.0. The maximum Gasteiger partial charge on any atom is 0.168 e. The summed E-state index contributed by atoms with van der Waals surface area (Å²) < 4.78 is 40.9. The van der Waals surface area contributed by atoms with Crippen LogP contribution in [0.25, 0.3) is 11.3 Å². The monoisotopic (exact) mass is 459 g/mol. The molecule has 2 aromatic heterocycles. The second-order valence-corrected chi connectivity index (χ2v) is 8.98. The van der Waals surface area contributed by atoms with E-state index in [-0.39, 0.29) is 17.3 Å². The highest BCUT2D eigenvalue weighted by molar-refractivity contribution is 6.30. The minimum absolute atomic E-state index is 0.0833. The van der Waals surface area contributed by atoms with E-state index in [0.717, 1.165) is 44.2 Å². The molecule has 0 radical (unpaired) electrons. The quantitative estimate of drug-likeness (QED) is 0.548. The Bertz CT molecular complexity index is 1110. The van der Waals surface area contributed by atoms with Crippen LogP contribution in [0.15, 0.2) is 42.6 Å². The first-order chi connectivity index (χ1) is 15.4. The van der Waals surface area contributed by atoms with E-state index in [1.54, 1.807) is 18.3 Å². The van der Waals surface area contributed by atoms with Crippen molar-refractivity contribution >= 4 is 17.4 Å². The van der Waals surface area contributed by atoms with Crippen LogP contribution in [0.3, 0.4) is 0 Å². The van der Waals surface area contributed by atoms with Gasteiger partial charge in [0.05, 0.1) is 11.4 Å². The van der Waals surface area contributed by atoms with Crippen molar-refractivity contribution < 1.29 is 13.2 Å². The topological polar surface area (TPSA) is 53.9 Å². The molecule has 1 saturated carbocycles. The molecule has 1 saturated heterocycles. The van der Waals surface area contributed by atoms with Gasteiger partial charge >= 0.3 is 0 Å². The molecule has 5 rings (SSSR count). The molecule has 2 fully saturated rings. The number of hydrogen-bond donors (Lipinski definition) is 1. The summed E-state index contributed by atoms with van der Waals surface area (Å²) in [5.41, 5.74) is 0.823. The Morgan fingerprint density at radius 2 is 1.78 bits per heavy atom. The molecule has 2 aliphatic rings. The second-order valence-electron chi connectivity index (χ2n) is 8.55. The van der Waals surface area contributed by atoms with Gasteiger partial charge in [-0.05, 0) is 55.0 Å². The van der Waals surface area contributed by atoms with Crippen molar-refractivity contribution in [3.05, 3.63) is 70.8 Å². The number of anilines is 1. The zero-order valence-corrected chi connectivity index (χ0v) is 17.9. The van der Waals surface area contributed by atoms with Crippen LogP contribution < -0.4 is 5.32 Å². The lowest BCUT2D eigenvalue weighted by Gasteiger charge is -2.19. The molecule has 32 heavy (non-hydrogen) atoms. The second kappa shape index (κ2) is 8.67. The molecule has 0 bridgehead atoms. The van der Waals surface area contributed by atoms with Gasteiger partial charge < -0.3 is 5.32 Å². The molecule has 1 N–H and O–H groups in total. The van der Waals surface area contributed by atoms with Crippen molar-refractivity contribution in [2.24, 2.45) is 11.8 Å². The number of nitrogens with one attached hydrogen (secondary N) is 1. The fourth-order valence-corrected chi connectivity index (χ4v) is 5.10. The van der Waals surface area contributed by atoms with E-state index in [0.29, 0.717) is 28.7 Å². The number of aromatic nitrogens is 3. The molecule has 5 nitrogen and oxygen atoms in total. The lowest BCUT2D eigenvalue weighted by molar-refractivity contribution is 0.297. The van der Waals surface area contributed by atoms with Gasteiger partial charge in [-0.2, -0.15) is 0 Å². The van der Waals surface area contributed by atoms with Crippen LogP contribution in [0.5, 0.6) is 0 Å². The zero-order valence-electron chi connectivity index (χ0n) is 17.1. The van der Waals surface area contributed by atoms with Gasteiger partial charge in [-0.25, -0.2) is 13.2 Å². The highest BCUT2D eigenvalue weighted by Crippen LogP contribution is 2.39. The van der Waals surface area contributed by atoms with Crippen LogP contribution in [0, 0.1) is 29.3 Å².